The lowest BCUT2D eigenvalue weighted by molar-refractivity contribution is 0.615. The number of hydrogen-bond donors (Lipinski definition) is 1. The molecule has 1 atom stereocenters. The van der Waals surface area contributed by atoms with Gasteiger partial charge in [0.15, 0.2) is 0 Å². The summed E-state index contributed by atoms with van der Waals surface area (Å²) in [7, 11) is 4.10. The van der Waals surface area contributed by atoms with Crippen molar-refractivity contribution in [3.05, 3.63) is 11.9 Å². The summed E-state index contributed by atoms with van der Waals surface area (Å²) in [5, 5.41) is 3.31. The summed E-state index contributed by atoms with van der Waals surface area (Å²) in [4.78, 5) is 6.77. The molecular formula is C10H18N4. The normalized spacial score (nSPS) is 21.9. The van der Waals surface area contributed by atoms with Gasteiger partial charge in [0.05, 0.1) is 6.20 Å². The second kappa shape index (κ2) is 3.61. The Balaban J connectivity index is 2.13. The first-order valence-electron chi connectivity index (χ1n) is 5.13. The van der Waals surface area contributed by atoms with Crippen molar-refractivity contribution in [3.8, 4) is 0 Å². The third-order valence-corrected chi connectivity index (χ3v) is 3.08. The van der Waals surface area contributed by atoms with Crippen molar-refractivity contribution in [2.45, 2.75) is 19.4 Å². The minimum absolute atomic E-state index is 0.618. The quantitative estimate of drug-likeness (QED) is 0.745. The molecule has 14 heavy (non-hydrogen) atoms. The molecule has 2 rings (SSSR count). The molecule has 1 saturated heterocycles. The van der Waals surface area contributed by atoms with Crippen LogP contribution >= 0.6 is 0 Å². The molecule has 1 aromatic rings. The van der Waals surface area contributed by atoms with Gasteiger partial charge in [0.25, 0.3) is 0 Å². The Morgan fingerprint density at radius 2 is 2.36 bits per heavy atom. The molecule has 1 fully saturated rings. The number of anilines is 1. The van der Waals surface area contributed by atoms with E-state index in [-0.39, 0.29) is 0 Å². The number of rotatable bonds is 2. The maximum atomic E-state index is 4.43. The molecule has 0 radical (unpaired) electrons. The van der Waals surface area contributed by atoms with E-state index in [4.69, 9.17) is 0 Å². The molecule has 1 aliphatic rings. The number of aromatic nitrogens is 2. The Labute approximate surface area is 84.9 Å². The fourth-order valence-electron chi connectivity index (χ4n) is 1.95. The van der Waals surface area contributed by atoms with Crippen LogP contribution in [0, 0.1) is 6.92 Å². The molecule has 78 valence electrons. The first kappa shape index (κ1) is 9.52. The highest BCUT2D eigenvalue weighted by atomic mass is 15.3. The first-order valence-corrected chi connectivity index (χ1v) is 5.13. The Hall–Kier alpha value is -1.03. The Morgan fingerprint density at radius 3 is 2.86 bits per heavy atom. The van der Waals surface area contributed by atoms with Crippen LogP contribution in [-0.2, 0) is 7.05 Å². The van der Waals surface area contributed by atoms with Crippen molar-refractivity contribution < 1.29 is 0 Å². The number of aryl methyl sites for hydroxylation is 1. The largest absolute Gasteiger partial charge is 0.341 e. The Morgan fingerprint density at radius 1 is 1.57 bits per heavy atom. The van der Waals surface area contributed by atoms with Crippen LogP contribution < -0.4 is 10.2 Å². The second-order valence-corrected chi connectivity index (χ2v) is 3.98. The number of hydrogen-bond acceptors (Lipinski definition) is 3. The number of likely N-dealkylation sites (N-methyl/N-ethyl adjacent to an activating group) is 1. The van der Waals surface area contributed by atoms with Crippen molar-refractivity contribution in [1.82, 2.24) is 14.9 Å². The summed E-state index contributed by atoms with van der Waals surface area (Å²) in [6.07, 6.45) is 3.14. The molecule has 0 aliphatic carbocycles. The van der Waals surface area contributed by atoms with E-state index in [0.29, 0.717) is 6.04 Å². The first-order chi connectivity index (χ1) is 6.72. The van der Waals surface area contributed by atoms with E-state index < -0.39 is 0 Å². The van der Waals surface area contributed by atoms with Crippen molar-refractivity contribution in [1.29, 1.82) is 0 Å². The van der Waals surface area contributed by atoms with E-state index in [9.17, 15) is 0 Å². The maximum absolute atomic E-state index is 4.43. The summed E-state index contributed by atoms with van der Waals surface area (Å²) < 4.78 is 2.15. The third kappa shape index (κ3) is 1.50. The van der Waals surface area contributed by atoms with Gasteiger partial charge in [-0.2, -0.15) is 0 Å². The fraction of sp³-hybridized carbons (Fsp3) is 0.700. The predicted octanol–water partition coefficient (Wildman–Crippen LogP) is 0.527. The van der Waals surface area contributed by atoms with Crippen LogP contribution in [0.2, 0.25) is 0 Å². The van der Waals surface area contributed by atoms with E-state index in [2.05, 4.69) is 33.7 Å². The Bertz CT molecular complexity index is 318. The smallest absolute Gasteiger partial charge is 0.205 e. The zero-order valence-electron chi connectivity index (χ0n) is 9.12. The van der Waals surface area contributed by atoms with Crippen LogP contribution in [0.3, 0.4) is 0 Å². The maximum Gasteiger partial charge on any atom is 0.205 e. The van der Waals surface area contributed by atoms with Gasteiger partial charge in [-0.05, 0) is 20.4 Å². The van der Waals surface area contributed by atoms with E-state index in [1.54, 1.807) is 0 Å². The van der Waals surface area contributed by atoms with Crippen LogP contribution in [0.15, 0.2) is 6.20 Å². The van der Waals surface area contributed by atoms with Crippen LogP contribution in [0.4, 0.5) is 5.95 Å². The summed E-state index contributed by atoms with van der Waals surface area (Å²) in [6, 6.07) is 0.618. The average Bonchev–Trinajstić information content (AvgIpc) is 2.75. The zero-order chi connectivity index (χ0) is 10.1. The van der Waals surface area contributed by atoms with Gasteiger partial charge in [0, 0.05) is 31.9 Å². The molecule has 1 unspecified atom stereocenters. The topological polar surface area (TPSA) is 33.1 Å². The van der Waals surface area contributed by atoms with E-state index >= 15 is 0 Å². The molecule has 4 heteroatoms. The summed E-state index contributed by atoms with van der Waals surface area (Å²) >= 11 is 0. The van der Waals surface area contributed by atoms with Crippen molar-refractivity contribution in [2.75, 3.05) is 25.0 Å². The van der Waals surface area contributed by atoms with E-state index in [1.807, 2.05) is 13.2 Å². The van der Waals surface area contributed by atoms with Crippen molar-refractivity contribution >= 4 is 5.95 Å². The average molecular weight is 194 g/mol. The van der Waals surface area contributed by atoms with Gasteiger partial charge in [-0.25, -0.2) is 4.98 Å². The number of nitrogens with zero attached hydrogens (tertiary/aromatic N) is 3. The van der Waals surface area contributed by atoms with Crippen LogP contribution in [0.1, 0.15) is 12.1 Å². The van der Waals surface area contributed by atoms with Crippen LogP contribution in [0.25, 0.3) is 0 Å². The van der Waals surface area contributed by atoms with Crippen molar-refractivity contribution in [3.63, 3.8) is 0 Å². The monoisotopic (exact) mass is 194 g/mol. The van der Waals surface area contributed by atoms with Crippen LogP contribution in [0.5, 0.6) is 0 Å². The van der Waals surface area contributed by atoms with Gasteiger partial charge < -0.3 is 14.8 Å². The lowest BCUT2D eigenvalue weighted by Crippen LogP contribution is -2.30. The third-order valence-electron chi connectivity index (χ3n) is 3.08. The summed E-state index contributed by atoms with van der Waals surface area (Å²) in [5.41, 5.74) is 1.22. The molecule has 0 aromatic carbocycles. The molecule has 4 nitrogen and oxygen atoms in total. The van der Waals surface area contributed by atoms with Gasteiger partial charge >= 0.3 is 0 Å². The lowest BCUT2D eigenvalue weighted by atomic mass is 10.3. The van der Waals surface area contributed by atoms with Gasteiger partial charge in [-0.15, -0.1) is 0 Å². The second-order valence-electron chi connectivity index (χ2n) is 3.98. The highest BCUT2D eigenvalue weighted by molar-refractivity contribution is 5.35. The van der Waals surface area contributed by atoms with Gasteiger partial charge in [0.2, 0.25) is 5.95 Å². The fourth-order valence-corrected chi connectivity index (χ4v) is 1.95. The summed E-state index contributed by atoms with van der Waals surface area (Å²) in [6.45, 7) is 4.26. The predicted molar refractivity (Wildman–Crippen MR) is 57.6 cm³/mol. The van der Waals surface area contributed by atoms with E-state index in [1.165, 1.54) is 12.1 Å². The molecule has 2 heterocycles. The standard InChI is InChI=1S/C10H18N4/c1-8-6-12-10(13(8)3)14-5-4-9(7-14)11-2/h6,9,11H,4-5,7H2,1-3H3. The van der Waals surface area contributed by atoms with Gasteiger partial charge in [0.1, 0.15) is 0 Å². The van der Waals surface area contributed by atoms with E-state index in [0.717, 1.165) is 19.0 Å². The SMILES string of the molecule is CNC1CCN(c2ncc(C)n2C)C1. The molecular weight excluding hydrogens is 176 g/mol. The molecule has 0 amide bonds. The van der Waals surface area contributed by atoms with Crippen LogP contribution in [-0.4, -0.2) is 35.7 Å². The highest BCUT2D eigenvalue weighted by Crippen LogP contribution is 2.18. The van der Waals surface area contributed by atoms with Gasteiger partial charge in [-0.1, -0.05) is 0 Å². The molecule has 1 N–H and O–H groups in total. The highest BCUT2D eigenvalue weighted by Gasteiger charge is 2.23. The minimum Gasteiger partial charge on any atom is -0.341 e. The zero-order valence-corrected chi connectivity index (χ0v) is 9.12. The molecule has 1 aliphatic heterocycles. The summed E-state index contributed by atoms with van der Waals surface area (Å²) in [5.74, 6) is 1.10. The minimum atomic E-state index is 0.618. The molecule has 0 saturated carbocycles. The van der Waals surface area contributed by atoms with Crippen molar-refractivity contribution in [2.24, 2.45) is 7.05 Å². The molecule has 0 spiro atoms. The Kier molecular flexibility index (Phi) is 2.46. The van der Waals surface area contributed by atoms with Gasteiger partial charge in [-0.3, -0.25) is 0 Å². The molecule has 0 bridgehead atoms. The molecule has 1 aromatic heterocycles. The number of nitrogens with one attached hydrogen (secondary N) is 1. The number of imidazole rings is 1. The lowest BCUT2D eigenvalue weighted by Gasteiger charge is -2.17.